The predicted molar refractivity (Wildman–Crippen MR) is 69.2 cm³/mol. The van der Waals surface area contributed by atoms with E-state index in [4.69, 9.17) is 0 Å². The molecule has 1 aromatic rings. The molecule has 2 rings (SSSR count). The number of rotatable bonds is 3. The Labute approximate surface area is 124 Å². The first-order chi connectivity index (χ1) is 10.2. The lowest BCUT2D eigenvalue weighted by Gasteiger charge is -2.19. The van der Waals surface area contributed by atoms with E-state index in [2.05, 4.69) is 5.32 Å². The Morgan fingerprint density at radius 1 is 1.23 bits per heavy atom. The largest absolute Gasteiger partial charge is 0.339 e. The molecule has 1 aliphatic heterocycles. The summed E-state index contributed by atoms with van der Waals surface area (Å²) in [5.41, 5.74) is -1.12. The van der Waals surface area contributed by atoms with E-state index in [9.17, 15) is 27.6 Å². The molecule has 1 aromatic carbocycles. The molecular formula is C14H13F3N2O3. The fourth-order valence-corrected chi connectivity index (χ4v) is 2.27. The van der Waals surface area contributed by atoms with Crippen molar-refractivity contribution < 1.29 is 27.6 Å². The highest BCUT2D eigenvalue weighted by atomic mass is 19.2. The number of halogens is 3. The molecule has 1 atom stereocenters. The summed E-state index contributed by atoms with van der Waals surface area (Å²) in [5.74, 6) is -6.73. The summed E-state index contributed by atoms with van der Waals surface area (Å²) in [4.78, 5) is 36.5. The van der Waals surface area contributed by atoms with Crippen LogP contribution in [0.25, 0.3) is 0 Å². The standard InChI is InChI=1S/C14H13F3N2O3/c1-6(2)19-10(20)5-9(14(19)22)18-13(21)11-7(15)3-4-8(16)12(11)17/h3-4,6,9H,5H2,1-2H3,(H,18,21)/t9-/m0/s1. The highest BCUT2D eigenvalue weighted by molar-refractivity contribution is 6.08. The number of imide groups is 1. The van der Waals surface area contributed by atoms with Gasteiger partial charge in [0.05, 0.1) is 6.42 Å². The average molecular weight is 314 g/mol. The fourth-order valence-electron chi connectivity index (χ4n) is 2.27. The van der Waals surface area contributed by atoms with Crippen LogP contribution in [0.15, 0.2) is 12.1 Å². The molecule has 1 saturated heterocycles. The summed E-state index contributed by atoms with van der Waals surface area (Å²) in [6, 6.07) is -0.462. The molecule has 1 heterocycles. The van der Waals surface area contributed by atoms with E-state index < -0.39 is 52.8 Å². The third-order valence-corrected chi connectivity index (χ3v) is 3.28. The summed E-state index contributed by atoms with van der Waals surface area (Å²) < 4.78 is 40.1. The van der Waals surface area contributed by atoms with Crippen LogP contribution in [0.1, 0.15) is 30.6 Å². The summed E-state index contributed by atoms with van der Waals surface area (Å²) >= 11 is 0. The molecule has 0 unspecified atom stereocenters. The zero-order valence-electron chi connectivity index (χ0n) is 11.8. The van der Waals surface area contributed by atoms with Gasteiger partial charge in [0.1, 0.15) is 17.4 Å². The van der Waals surface area contributed by atoms with E-state index >= 15 is 0 Å². The Kier molecular flexibility index (Phi) is 4.20. The molecule has 1 N–H and O–H groups in total. The van der Waals surface area contributed by atoms with Crippen molar-refractivity contribution in [3.63, 3.8) is 0 Å². The lowest BCUT2D eigenvalue weighted by Crippen LogP contribution is -2.44. The second-order valence-electron chi connectivity index (χ2n) is 5.14. The van der Waals surface area contributed by atoms with Crippen LogP contribution < -0.4 is 5.32 Å². The Morgan fingerprint density at radius 2 is 1.82 bits per heavy atom. The van der Waals surface area contributed by atoms with Crippen molar-refractivity contribution in [2.45, 2.75) is 32.4 Å². The van der Waals surface area contributed by atoms with Crippen LogP contribution in [0.5, 0.6) is 0 Å². The van der Waals surface area contributed by atoms with Crippen molar-refractivity contribution in [2.75, 3.05) is 0 Å². The number of nitrogens with one attached hydrogen (secondary N) is 1. The topological polar surface area (TPSA) is 66.5 Å². The molecule has 0 spiro atoms. The van der Waals surface area contributed by atoms with Crippen LogP contribution in [-0.2, 0) is 9.59 Å². The van der Waals surface area contributed by atoms with Gasteiger partial charge in [-0.05, 0) is 26.0 Å². The Balaban J connectivity index is 2.23. The third-order valence-electron chi connectivity index (χ3n) is 3.28. The number of nitrogens with zero attached hydrogens (tertiary/aromatic N) is 1. The lowest BCUT2D eigenvalue weighted by molar-refractivity contribution is -0.140. The minimum Gasteiger partial charge on any atom is -0.339 e. The van der Waals surface area contributed by atoms with Gasteiger partial charge in [0.25, 0.3) is 11.8 Å². The maximum atomic E-state index is 13.5. The van der Waals surface area contributed by atoms with Gasteiger partial charge in [0.2, 0.25) is 5.91 Å². The number of amides is 3. The van der Waals surface area contributed by atoms with Gasteiger partial charge < -0.3 is 5.32 Å². The quantitative estimate of drug-likeness (QED) is 0.677. The summed E-state index contributed by atoms with van der Waals surface area (Å²) in [5, 5.41) is 2.07. The van der Waals surface area contributed by atoms with Gasteiger partial charge in [0, 0.05) is 6.04 Å². The Bertz CT molecular complexity index is 661. The SMILES string of the molecule is CC(C)N1C(=O)C[C@H](NC(=O)c2c(F)ccc(F)c2F)C1=O. The predicted octanol–water partition coefficient (Wildman–Crippen LogP) is 1.37. The normalized spacial score (nSPS) is 18.3. The lowest BCUT2D eigenvalue weighted by atomic mass is 10.1. The highest BCUT2D eigenvalue weighted by Crippen LogP contribution is 2.19. The molecule has 1 fully saturated rings. The first-order valence-corrected chi connectivity index (χ1v) is 6.54. The number of hydrogen-bond acceptors (Lipinski definition) is 3. The molecule has 118 valence electrons. The average Bonchev–Trinajstić information content (AvgIpc) is 2.69. The maximum Gasteiger partial charge on any atom is 0.258 e. The summed E-state index contributed by atoms with van der Waals surface area (Å²) in [6.45, 7) is 3.23. The van der Waals surface area contributed by atoms with Crippen LogP contribution >= 0.6 is 0 Å². The fraction of sp³-hybridized carbons (Fsp3) is 0.357. The molecule has 0 radical (unpaired) electrons. The van der Waals surface area contributed by atoms with Crippen LogP contribution in [0.2, 0.25) is 0 Å². The highest BCUT2D eigenvalue weighted by Gasteiger charge is 2.41. The van der Waals surface area contributed by atoms with E-state index in [0.29, 0.717) is 12.1 Å². The Hall–Kier alpha value is -2.38. The summed E-state index contributed by atoms with van der Waals surface area (Å²) in [7, 11) is 0. The molecule has 1 aliphatic rings. The van der Waals surface area contributed by atoms with Crippen molar-refractivity contribution in [1.82, 2.24) is 10.2 Å². The molecule has 0 saturated carbocycles. The van der Waals surface area contributed by atoms with Gasteiger partial charge in [-0.15, -0.1) is 0 Å². The second kappa shape index (κ2) is 5.78. The van der Waals surface area contributed by atoms with Crippen LogP contribution in [-0.4, -0.2) is 34.7 Å². The number of hydrogen-bond donors (Lipinski definition) is 1. The van der Waals surface area contributed by atoms with Gasteiger partial charge in [-0.25, -0.2) is 13.2 Å². The van der Waals surface area contributed by atoms with Crippen molar-refractivity contribution in [3.05, 3.63) is 35.1 Å². The molecule has 22 heavy (non-hydrogen) atoms. The van der Waals surface area contributed by atoms with Crippen molar-refractivity contribution in [2.24, 2.45) is 0 Å². The smallest absolute Gasteiger partial charge is 0.258 e. The van der Waals surface area contributed by atoms with Crippen LogP contribution in [0, 0.1) is 17.5 Å². The second-order valence-corrected chi connectivity index (χ2v) is 5.14. The number of benzene rings is 1. The van der Waals surface area contributed by atoms with Crippen LogP contribution in [0.3, 0.4) is 0 Å². The van der Waals surface area contributed by atoms with Crippen molar-refractivity contribution in [1.29, 1.82) is 0 Å². The van der Waals surface area contributed by atoms with Crippen molar-refractivity contribution >= 4 is 17.7 Å². The van der Waals surface area contributed by atoms with Gasteiger partial charge in [-0.1, -0.05) is 0 Å². The molecule has 5 nitrogen and oxygen atoms in total. The number of carbonyl (C=O) groups is 3. The van der Waals surface area contributed by atoms with E-state index in [-0.39, 0.29) is 6.42 Å². The van der Waals surface area contributed by atoms with Crippen LogP contribution in [0.4, 0.5) is 13.2 Å². The van der Waals surface area contributed by atoms with Crippen molar-refractivity contribution in [3.8, 4) is 0 Å². The molecule has 0 bridgehead atoms. The molecule has 3 amide bonds. The molecular weight excluding hydrogens is 301 g/mol. The zero-order valence-corrected chi connectivity index (χ0v) is 11.8. The van der Waals surface area contributed by atoms with Gasteiger partial charge >= 0.3 is 0 Å². The zero-order chi connectivity index (χ0) is 16.6. The number of carbonyl (C=O) groups excluding carboxylic acids is 3. The minimum atomic E-state index is -1.64. The van der Waals surface area contributed by atoms with E-state index in [0.717, 1.165) is 4.90 Å². The summed E-state index contributed by atoms with van der Waals surface area (Å²) in [6.07, 6.45) is -0.304. The first kappa shape index (κ1) is 16.0. The van der Waals surface area contributed by atoms with E-state index in [1.54, 1.807) is 13.8 Å². The molecule has 0 aliphatic carbocycles. The van der Waals surface area contributed by atoms with Gasteiger partial charge in [-0.2, -0.15) is 0 Å². The number of likely N-dealkylation sites (tertiary alicyclic amines) is 1. The Morgan fingerprint density at radius 3 is 2.36 bits per heavy atom. The first-order valence-electron chi connectivity index (χ1n) is 6.54. The maximum absolute atomic E-state index is 13.5. The molecule has 0 aromatic heterocycles. The van der Waals surface area contributed by atoms with E-state index in [1.165, 1.54) is 0 Å². The third kappa shape index (κ3) is 2.68. The van der Waals surface area contributed by atoms with Gasteiger partial charge in [0.15, 0.2) is 11.6 Å². The van der Waals surface area contributed by atoms with E-state index in [1.807, 2.05) is 0 Å². The minimum absolute atomic E-state index is 0.304. The van der Waals surface area contributed by atoms with Gasteiger partial charge in [-0.3, -0.25) is 19.3 Å². The molecule has 8 heteroatoms. The monoisotopic (exact) mass is 314 g/mol.